The van der Waals surface area contributed by atoms with Gasteiger partial charge in [-0.1, -0.05) is 24.3 Å². The number of carbonyl (C=O) groups is 2. The van der Waals surface area contributed by atoms with Crippen molar-refractivity contribution >= 4 is 50.5 Å². The normalized spacial score (nSPS) is 11.2. The second-order valence-corrected chi connectivity index (χ2v) is 10.7. The number of aromatic nitrogens is 5. The summed E-state index contributed by atoms with van der Waals surface area (Å²) < 4.78 is 0. The van der Waals surface area contributed by atoms with Gasteiger partial charge in [-0.3, -0.25) is 24.7 Å². The van der Waals surface area contributed by atoms with Crippen molar-refractivity contribution in [3.05, 3.63) is 108 Å². The molecule has 0 radical (unpaired) electrons. The average Bonchev–Trinajstić information content (AvgIpc) is 3.75. The van der Waals surface area contributed by atoms with Crippen molar-refractivity contribution < 1.29 is 9.59 Å². The molecule has 0 aliphatic rings. The molecular formula is C32H22N6O2S. The molecule has 0 saturated heterocycles. The summed E-state index contributed by atoms with van der Waals surface area (Å²) in [7, 11) is 0. The number of amides is 1. The van der Waals surface area contributed by atoms with Gasteiger partial charge >= 0.3 is 0 Å². The molecule has 8 nitrogen and oxygen atoms in total. The Morgan fingerprint density at radius 1 is 0.829 bits per heavy atom. The van der Waals surface area contributed by atoms with Gasteiger partial charge in [-0.15, -0.1) is 11.3 Å². The van der Waals surface area contributed by atoms with Crippen LogP contribution in [0.3, 0.4) is 0 Å². The average molecular weight is 555 g/mol. The van der Waals surface area contributed by atoms with Crippen LogP contribution in [0.2, 0.25) is 0 Å². The van der Waals surface area contributed by atoms with Crippen LogP contribution in [0.4, 0.5) is 5.69 Å². The van der Waals surface area contributed by atoms with E-state index in [4.69, 9.17) is 0 Å². The third kappa shape index (κ3) is 4.58. The first-order chi connectivity index (χ1) is 20.0. The molecule has 1 amide bonds. The minimum Gasteiger partial charge on any atom is -0.353 e. The first-order valence-electron chi connectivity index (χ1n) is 12.9. The second-order valence-electron chi connectivity index (χ2n) is 9.64. The van der Waals surface area contributed by atoms with Gasteiger partial charge in [-0.25, -0.2) is 0 Å². The Morgan fingerprint density at radius 2 is 1.68 bits per heavy atom. The van der Waals surface area contributed by atoms with Gasteiger partial charge in [0, 0.05) is 39.8 Å². The van der Waals surface area contributed by atoms with Gasteiger partial charge in [0.15, 0.2) is 5.78 Å². The SMILES string of the molecule is CC(=O)c1ccc(-c2nccc3[nH]c(-c4n[nH]c5ccc(-c6cncc(NC(=O)c7ccccc7)c6)cc45)cc23)s1. The lowest BCUT2D eigenvalue weighted by atomic mass is 10.0. The van der Waals surface area contributed by atoms with Crippen LogP contribution in [-0.4, -0.2) is 36.8 Å². The molecular weight excluding hydrogens is 532 g/mol. The van der Waals surface area contributed by atoms with E-state index < -0.39 is 0 Å². The molecule has 7 aromatic rings. The van der Waals surface area contributed by atoms with Gasteiger partial charge in [0.1, 0.15) is 5.69 Å². The zero-order chi connectivity index (χ0) is 27.9. The predicted octanol–water partition coefficient (Wildman–Crippen LogP) is 7.35. The monoisotopic (exact) mass is 554 g/mol. The maximum absolute atomic E-state index is 12.6. The third-order valence-electron chi connectivity index (χ3n) is 6.92. The lowest BCUT2D eigenvalue weighted by molar-refractivity contribution is 0.101. The van der Waals surface area contributed by atoms with Crippen LogP contribution >= 0.6 is 11.3 Å². The number of Topliss-reactive ketones (excluding diaryl/α,β-unsaturated/α-hetero) is 1. The summed E-state index contributed by atoms with van der Waals surface area (Å²) in [5, 5.41) is 12.6. The Hall–Kier alpha value is -5.41. The Bertz CT molecular complexity index is 2090. The van der Waals surface area contributed by atoms with Crippen molar-refractivity contribution in [2.75, 3.05) is 5.32 Å². The molecule has 5 aromatic heterocycles. The van der Waals surface area contributed by atoms with Gasteiger partial charge in [-0.05, 0) is 67.1 Å². The van der Waals surface area contributed by atoms with E-state index in [0.717, 1.165) is 54.9 Å². The highest BCUT2D eigenvalue weighted by molar-refractivity contribution is 7.17. The quantitative estimate of drug-likeness (QED) is 0.186. The molecule has 3 N–H and O–H groups in total. The number of aromatic amines is 2. The van der Waals surface area contributed by atoms with Gasteiger partial charge in [-0.2, -0.15) is 5.10 Å². The standard InChI is InChI=1S/C32H22N6O2S/c1-18(39)28-9-10-29(41-28)31-24-15-27(36-25(24)11-12-34-31)30-23-14-20(7-8-26(23)37-38-30)21-13-22(17-33-16-21)35-32(40)19-5-3-2-4-6-19/h2-17,36H,1H3,(H,35,40)(H,37,38). The van der Waals surface area contributed by atoms with E-state index in [-0.39, 0.29) is 11.7 Å². The molecule has 0 aliphatic heterocycles. The van der Waals surface area contributed by atoms with Gasteiger partial charge < -0.3 is 10.3 Å². The van der Waals surface area contributed by atoms with Gasteiger partial charge in [0.05, 0.1) is 38.5 Å². The zero-order valence-electron chi connectivity index (χ0n) is 21.8. The Labute approximate surface area is 238 Å². The van der Waals surface area contributed by atoms with Crippen LogP contribution in [0.1, 0.15) is 27.0 Å². The van der Waals surface area contributed by atoms with Crippen molar-refractivity contribution in [3.8, 4) is 33.1 Å². The van der Waals surface area contributed by atoms with E-state index >= 15 is 0 Å². The lowest BCUT2D eigenvalue weighted by Crippen LogP contribution is -2.11. The first kappa shape index (κ1) is 24.6. The van der Waals surface area contributed by atoms with E-state index in [1.165, 1.54) is 11.3 Å². The number of anilines is 1. The van der Waals surface area contributed by atoms with Crippen molar-refractivity contribution in [2.24, 2.45) is 0 Å². The van der Waals surface area contributed by atoms with Crippen molar-refractivity contribution in [1.29, 1.82) is 0 Å². The van der Waals surface area contributed by atoms with Crippen LogP contribution in [0.15, 0.2) is 97.5 Å². The summed E-state index contributed by atoms with van der Waals surface area (Å²) in [6.45, 7) is 1.57. The largest absolute Gasteiger partial charge is 0.353 e. The molecule has 9 heteroatoms. The number of hydrogen-bond donors (Lipinski definition) is 3. The number of benzene rings is 2. The fraction of sp³-hybridized carbons (Fsp3) is 0.0312. The minimum atomic E-state index is -0.190. The van der Waals surface area contributed by atoms with Crippen LogP contribution in [-0.2, 0) is 0 Å². The predicted molar refractivity (Wildman–Crippen MR) is 162 cm³/mol. The number of ketones is 1. The molecule has 5 heterocycles. The summed E-state index contributed by atoms with van der Waals surface area (Å²) in [5.74, 6) is -0.147. The Morgan fingerprint density at radius 3 is 2.51 bits per heavy atom. The molecule has 0 spiro atoms. The fourth-order valence-corrected chi connectivity index (χ4v) is 5.80. The number of thiophene rings is 1. The van der Waals surface area contributed by atoms with Crippen LogP contribution < -0.4 is 5.32 Å². The van der Waals surface area contributed by atoms with E-state index in [2.05, 4.69) is 42.6 Å². The van der Waals surface area contributed by atoms with Crippen molar-refractivity contribution in [1.82, 2.24) is 25.1 Å². The first-order valence-corrected chi connectivity index (χ1v) is 13.7. The molecule has 0 aliphatic carbocycles. The summed E-state index contributed by atoms with van der Waals surface area (Å²) in [6, 6.07) is 24.8. The molecule has 7 rings (SSSR count). The second kappa shape index (κ2) is 9.96. The van der Waals surface area contributed by atoms with Crippen LogP contribution in [0.5, 0.6) is 0 Å². The Balaban J connectivity index is 1.24. The van der Waals surface area contributed by atoms with Crippen molar-refractivity contribution in [2.45, 2.75) is 6.92 Å². The minimum absolute atomic E-state index is 0.0429. The van der Waals surface area contributed by atoms with E-state index in [1.54, 1.807) is 37.6 Å². The number of H-pyrrole nitrogens is 2. The summed E-state index contributed by atoms with van der Waals surface area (Å²) in [6.07, 6.45) is 5.17. The molecule has 0 atom stereocenters. The van der Waals surface area contributed by atoms with Gasteiger partial charge in [0.25, 0.3) is 5.91 Å². The molecule has 198 valence electrons. The highest BCUT2D eigenvalue weighted by atomic mass is 32.1. The highest BCUT2D eigenvalue weighted by Crippen LogP contribution is 2.36. The summed E-state index contributed by atoms with van der Waals surface area (Å²) in [5.41, 5.74) is 7.28. The fourth-order valence-electron chi connectivity index (χ4n) is 4.89. The summed E-state index contributed by atoms with van der Waals surface area (Å²) >= 11 is 1.44. The van der Waals surface area contributed by atoms with E-state index in [9.17, 15) is 9.59 Å². The van der Waals surface area contributed by atoms with E-state index in [0.29, 0.717) is 16.1 Å². The van der Waals surface area contributed by atoms with Gasteiger partial charge in [0.2, 0.25) is 0 Å². The van der Waals surface area contributed by atoms with Crippen molar-refractivity contribution in [3.63, 3.8) is 0 Å². The number of hydrogen-bond acceptors (Lipinski definition) is 6. The summed E-state index contributed by atoms with van der Waals surface area (Å²) in [4.78, 5) is 38.6. The molecule has 41 heavy (non-hydrogen) atoms. The molecule has 0 unspecified atom stereocenters. The number of pyridine rings is 2. The number of nitrogens with zero attached hydrogens (tertiary/aromatic N) is 3. The highest BCUT2D eigenvalue weighted by Gasteiger charge is 2.17. The zero-order valence-corrected chi connectivity index (χ0v) is 22.6. The number of nitrogens with one attached hydrogen (secondary N) is 3. The maximum atomic E-state index is 12.6. The smallest absolute Gasteiger partial charge is 0.255 e. The molecule has 0 bridgehead atoms. The molecule has 0 saturated carbocycles. The lowest BCUT2D eigenvalue weighted by Gasteiger charge is -2.08. The molecule has 0 fully saturated rings. The number of rotatable bonds is 6. The Kier molecular flexibility index (Phi) is 5.98. The third-order valence-corrected chi connectivity index (χ3v) is 8.11. The maximum Gasteiger partial charge on any atom is 0.255 e. The number of fused-ring (bicyclic) bond motifs is 2. The number of carbonyl (C=O) groups excluding carboxylic acids is 2. The molecule has 2 aromatic carbocycles. The topological polar surface area (TPSA) is 116 Å². The van der Waals surface area contributed by atoms with Crippen LogP contribution in [0, 0.1) is 0 Å². The van der Waals surface area contributed by atoms with Crippen LogP contribution in [0.25, 0.3) is 54.9 Å². The van der Waals surface area contributed by atoms with E-state index in [1.807, 2.05) is 54.6 Å².